The van der Waals surface area contributed by atoms with Gasteiger partial charge in [-0.2, -0.15) is 0 Å². The Morgan fingerprint density at radius 2 is 1.77 bits per heavy atom. The lowest BCUT2D eigenvalue weighted by molar-refractivity contribution is 0.0601. The molecule has 0 N–H and O–H groups in total. The fraction of sp³-hybridized carbons (Fsp3) is 0.158. The van der Waals surface area contributed by atoms with E-state index in [0.29, 0.717) is 5.56 Å². The Labute approximate surface area is 129 Å². The standard InChI is InChI=1S/C19H17NO2/c1-3-13-10-17-9-8-16(11-18(17)20-12-13)14-4-6-15(7-5-14)19(21)22-2/h4-12H,3H2,1-2H3. The minimum absolute atomic E-state index is 0.321. The van der Waals surface area contributed by atoms with E-state index >= 15 is 0 Å². The summed E-state index contributed by atoms with van der Waals surface area (Å²) in [6.07, 6.45) is 2.91. The first kappa shape index (κ1) is 14.3. The Morgan fingerprint density at radius 1 is 1.05 bits per heavy atom. The molecule has 0 aliphatic heterocycles. The smallest absolute Gasteiger partial charge is 0.337 e. The summed E-state index contributed by atoms with van der Waals surface area (Å²) < 4.78 is 4.71. The number of methoxy groups -OCH3 is 1. The van der Waals surface area contributed by atoms with Crippen molar-refractivity contribution in [1.82, 2.24) is 4.98 Å². The number of aryl methyl sites for hydroxylation is 1. The van der Waals surface area contributed by atoms with E-state index < -0.39 is 0 Å². The van der Waals surface area contributed by atoms with Gasteiger partial charge in [0, 0.05) is 11.6 Å². The summed E-state index contributed by atoms with van der Waals surface area (Å²) in [5.74, 6) is -0.321. The molecule has 110 valence electrons. The van der Waals surface area contributed by atoms with Gasteiger partial charge >= 0.3 is 5.97 Å². The molecule has 3 aromatic rings. The van der Waals surface area contributed by atoms with Crippen LogP contribution >= 0.6 is 0 Å². The SMILES string of the molecule is CCc1cnc2cc(-c3ccc(C(=O)OC)cc3)ccc2c1. The third-order valence-corrected chi connectivity index (χ3v) is 3.79. The van der Waals surface area contributed by atoms with E-state index in [2.05, 4.69) is 36.2 Å². The second-order valence-electron chi connectivity index (χ2n) is 5.17. The summed E-state index contributed by atoms with van der Waals surface area (Å²) >= 11 is 0. The molecule has 0 radical (unpaired) electrons. The normalized spacial score (nSPS) is 10.6. The zero-order valence-corrected chi connectivity index (χ0v) is 12.7. The molecule has 2 aromatic carbocycles. The Hall–Kier alpha value is -2.68. The highest BCUT2D eigenvalue weighted by atomic mass is 16.5. The number of hydrogen-bond acceptors (Lipinski definition) is 3. The van der Waals surface area contributed by atoms with Crippen LogP contribution in [-0.2, 0) is 11.2 Å². The molecule has 0 atom stereocenters. The number of esters is 1. The third-order valence-electron chi connectivity index (χ3n) is 3.79. The molecule has 0 aliphatic rings. The van der Waals surface area contributed by atoms with Crippen molar-refractivity contribution in [2.24, 2.45) is 0 Å². The fourth-order valence-electron chi connectivity index (χ4n) is 2.46. The van der Waals surface area contributed by atoms with E-state index in [1.807, 2.05) is 18.3 Å². The maximum absolute atomic E-state index is 11.5. The minimum atomic E-state index is -0.321. The molecule has 0 saturated heterocycles. The Kier molecular flexibility index (Phi) is 3.88. The van der Waals surface area contributed by atoms with Crippen LogP contribution in [0.5, 0.6) is 0 Å². The van der Waals surface area contributed by atoms with Gasteiger partial charge in [-0.25, -0.2) is 4.79 Å². The Morgan fingerprint density at radius 3 is 2.45 bits per heavy atom. The van der Waals surface area contributed by atoms with Crippen LogP contribution in [0.2, 0.25) is 0 Å². The average molecular weight is 291 g/mol. The number of nitrogens with zero attached hydrogens (tertiary/aromatic N) is 1. The van der Waals surface area contributed by atoms with Gasteiger partial charge in [0.1, 0.15) is 0 Å². The molecule has 0 bridgehead atoms. The van der Waals surface area contributed by atoms with Gasteiger partial charge in [0.05, 0.1) is 18.2 Å². The van der Waals surface area contributed by atoms with Crippen molar-refractivity contribution < 1.29 is 9.53 Å². The second kappa shape index (κ2) is 5.98. The molecule has 0 amide bonds. The lowest BCUT2D eigenvalue weighted by atomic mass is 10.0. The summed E-state index contributed by atoms with van der Waals surface area (Å²) in [5.41, 5.74) is 4.91. The van der Waals surface area contributed by atoms with Crippen LogP contribution in [0.3, 0.4) is 0 Å². The molecule has 0 fully saturated rings. The first-order valence-electron chi connectivity index (χ1n) is 7.28. The number of benzene rings is 2. The molecule has 1 heterocycles. The van der Waals surface area contributed by atoms with E-state index in [-0.39, 0.29) is 5.97 Å². The van der Waals surface area contributed by atoms with Gasteiger partial charge in [-0.15, -0.1) is 0 Å². The summed E-state index contributed by atoms with van der Waals surface area (Å²) in [7, 11) is 1.38. The largest absolute Gasteiger partial charge is 0.465 e. The van der Waals surface area contributed by atoms with Crippen molar-refractivity contribution >= 4 is 16.9 Å². The maximum Gasteiger partial charge on any atom is 0.337 e. The predicted octanol–water partition coefficient (Wildman–Crippen LogP) is 4.25. The van der Waals surface area contributed by atoms with Gasteiger partial charge in [0.2, 0.25) is 0 Å². The van der Waals surface area contributed by atoms with Crippen molar-refractivity contribution in [3.63, 3.8) is 0 Å². The van der Waals surface area contributed by atoms with Crippen LogP contribution in [-0.4, -0.2) is 18.1 Å². The number of hydrogen-bond donors (Lipinski definition) is 0. The molecule has 0 unspecified atom stereocenters. The highest BCUT2D eigenvalue weighted by Gasteiger charge is 2.06. The first-order chi connectivity index (χ1) is 10.7. The predicted molar refractivity (Wildman–Crippen MR) is 87.9 cm³/mol. The van der Waals surface area contributed by atoms with Crippen LogP contribution in [0.15, 0.2) is 54.7 Å². The lowest BCUT2D eigenvalue weighted by Crippen LogP contribution is -2.00. The van der Waals surface area contributed by atoms with Gasteiger partial charge in [0.15, 0.2) is 0 Å². The molecular weight excluding hydrogens is 274 g/mol. The van der Waals surface area contributed by atoms with E-state index in [1.165, 1.54) is 12.7 Å². The molecule has 3 nitrogen and oxygen atoms in total. The summed E-state index contributed by atoms with van der Waals surface area (Å²) in [4.78, 5) is 16.0. The number of pyridine rings is 1. The van der Waals surface area contributed by atoms with E-state index in [0.717, 1.165) is 28.5 Å². The zero-order chi connectivity index (χ0) is 15.5. The van der Waals surface area contributed by atoms with E-state index in [1.54, 1.807) is 12.1 Å². The van der Waals surface area contributed by atoms with Gasteiger partial charge < -0.3 is 4.74 Å². The molecule has 22 heavy (non-hydrogen) atoms. The molecular formula is C19H17NO2. The van der Waals surface area contributed by atoms with E-state index in [9.17, 15) is 4.79 Å². The topological polar surface area (TPSA) is 39.2 Å². The number of ether oxygens (including phenoxy) is 1. The number of rotatable bonds is 3. The van der Waals surface area contributed by atoms with Crippen molar-refractivity contribution in [3.8, 4) is 11.1 Å². The van der Waals surface area contributed by atoms with Crippen LogP contribution < -0.4 is 0 Å². The maximum atomic E-state index is 11.5. The fourth-order valence-corrected chi connectivity index (χ4v) is 2.46. The lowest BCUT2D eigenvalue weighted by Gasteiger charge is -2.06. The van der Waals surface area contributed by atoms with Gasteiger partial charge in [-0.1, -0.05) is 31.2 Å². The average Bonchev–Trinajstić information content (AvgIpc) is 2.60. The zero-order valence-electron chi connectivity index (χ0n) is 12.7. The second-order valence-corrected chi connectivity index (χ2v) is 5.17. The summed E-state index contributed by atoms with van der Waals surface area (Å²) in [6.45, 7) is 2.13. The van der Waals surface area contributed by atoms with Gasteiger partial charge in [0.25, 0.3) is 0 Å². The molecule has 3 rings (SSSR count). The third kappa shape index (κ3) is 2.70. The number of fused-ring (bicyclic) bond motifs is 1. The minimum Gasteiger partial charge on any atom is -0.465 e. The first-order valence-corrected chi connectivity index (χ1v) is 7.28. The molecule has 0 saturated carbocycles. The quantitative estimate of drug-likeness (QED) is 0.677. The number of carbonyl (C=O) groups excluding carboxylic acids is 1. The summed E-state index contributed by atoms with van der Waals surface area (Å²) in [6, 6.07) is 15.8. The van der Waals surface area contributed by atoms with Crippen molar-refractivity contribution in [3.05, 3.63) is 65.9 Å². The number of carbonyl (C=O) groups is 1. The molecule has 3 heteroatoms. The van der Waals surface area contributed by atoms with Gasteiger partial charge in [-0.05, 0) is 47.4 Å². The van der Waals surface area contributed by atoms with Crippen molar-refractivity contribution in [2.45, 2.75) is 13.3 Å². The Balaban J connectivity index is 1.97. The van der Waals surface area contributed by atoms with Crippen LogP contribution in [0.25, 0.3) is 22.0 Å². The van der Waals surface area contributed by atoms with E-state index in [4.69, 9.17) is 4.74 Å². The van der Waals surface area contributed by atoms with Crippen LogP contribution in [0.4, 0.5) is 0 Å². The molecule has 0 aliphatic carbocycles. The number of aromatic nitrogens is 1. The van der Waals surface area contributed by atoms with Crippen LogP contribution in [0.1, 0.15) is 22.8 Å². The Bertz CT molecular complexity index is 822. The summed E-state index contributed by atoms with van der Waals surface area (Å²) in [5, 5.41) is 1.15. The van der Waals surface area contributed by atoms with Crippen molar-refractivity contribution in [2.75, 3.05) is 7.11 Å². The van der Waals surface area contributed by atoms with Gasteiger partial charge in [-0.3, -0.25) is 4.98 Å². The van der Waals surface area contributed by atoms with Crippen LogP contribution in [0, 0.1) is 0 Å². The molecule has 0 spiro atoms. The van der Waals surface area contributed by atoms with Crippen molar-refractivity contribution in [1.29, 1.82) is 0 Å². The molecule has 1 aromatic heterocycles. The monoisotopic (exact) mass is 291 g/mol. The highest BCUT2D eigenvalue weighted by molar-refractivity contribution is 5.90. The highest BCUT2D eigenvalue weighted by Crippen LogP contribution is 2.24.